The van der Waals surface area contributed by atoms with Gasteiger partial charge in [-0.25, -0.2) is 4.79 Å². The van der Waals surface area contributed by atoms with Crippen LogP contribution in [0.5, 0.6) is 0 Å². The van der Waals surface area contributed by atoms with Gasteiger partial charge in [-0.15, -0.1) is 0 Å². The fourth-order valence-electron chi connectivity index (χ4n) is 5.52. The van der Waals surface area contributed by atoms with Gasteiger partial charge in [0.1, 0.15) is 11.8 Å². The first-order valence-electron chi connectivity index (χ1n) is 12.2. The molecule has 0 fully saturated rings. The lowest BCUT2D eigenvalue weighted by Gasteiger charge is -2.42. The minimum atomic E-state index is -2.02. The highest BCUT2D eigenvalue weighted by molar-refractivity contribution is 6.14. The van der Waals surface area contributed by atoms with Gasteiger partial charge in [0.2, 0.25) is 5.91 Å². The predicted octanol–water partition coefficient (Wildman–Crippen LogP) is 5.07. The standard InChI is InChI=1S/C30H23N3O6/c1-4-38-27(34)19(3)30(21-12-14-22(15-13-21)33(36)37)29(23-10-5-6-11-25(23)32-28(29)35)24(17-31)26(39-30)20-9-7-8-18(2)16-20/h5-16H,3-4H2,1-2H3,(H,32,35)/t29-,30+/m1/s1. The number of nitro benzene ring substituents is 1. The molecule has 2 aliphatic rings. The average Bonchev–Trinajstić information content (AvgIpc) is 3.41. The molecular formula is C30H23N3O6. The van der Waals surface area contributed by atoms with Gasteiger partial charge in [-0.05, 0) is 38.1 Å². The summed E-state index contributed by atoms with van der Waals surface area (Å²) < 4.78 is 12.0. The minimum absolute atomic E-state index is 0.0211. The van der Waals surface area contributed by atoms with Crippen molar-refractivity contribution >= 4 is 29.0 Å². The number of amides is 1. The van der Waals surface area contributed by atoms with E-state index in [2.05, 4.69) is 18.0 Å². The number of rotatable bonds is 6. The summed E-state index contributed by atoms with van der Waals surface area (Å²) in [5.41, 5.74) is -1.94. The monoisotopic (exact) mass is 521 g/mol. The smallest absolute Gasteiger partial charge is 0.337 e. The van der Waals surface area contributed by atoms with Crippen LogP contribution in [0, 0.1) is 28.4 Å². The van der Waals surface area contributed by atoms with Crippen LogP contribution in [0.1, 0.15) is 29.2 Å². The normalized spacial score (nSPS) is 21.1. The van der Waals surface area contributed by atoms with Gasteiger partial charge in [-0.3, -0.25) is 14.9 Å². The Bertz CT molecular complexity index is 1630. The molecule has 0 aliphatic carbocycles. The molecule has 194 valence electrons. The van der Waals surface area contributed by atoms with Crippen molar-refractivity contribution in [2.45, 2.75) is 24.9 Å². The SMILES string of the molecule is C=C(C(=O)OCC)[C@@]1(c2ccc([N+](=O)[O-])cc2)OC(c2cccc(C)c2)=C(C#N)[C@]12C(=O)Nc1ccccc12. The number of carbonyl (C=O) groups excluding carboxylic acids is 2. The Morgan fingerprint density at radius 1 is 1.15 bits per heavy atom. The third kappa shape index (κ3) is 3.45. The van der Waals surface area contributed by atoms with E-state index in [1.165, 1.54) is 24.3 Å². The third-order valence-corrected chi connectivity index (χ3v) is 7.13. The van der Waals surface area contributed by atoms with E-state index in [0.717, 1.165) is 5.56 Å². The number of hydrogen-bond acceptors (Lipinski definition) is 7. The molecule has 1 N–H and O–H groups in total. The molecule has 2 heterocycles. The van der Waals surface area contributed by atoms with E-state index in [1.807, 2.05) is 13.0 Å². The number of ether oxygens (including phenoxy) is 2. The molecule has 5 rings (SSSR count). The number of anilines is 1. The fraction of sp³-hybridized carbons (Fsp3) is 0.167. The molecule has 9 nitrogen and oxygen atoms in total. The van der Waals surface area contributed by atoms with Crippen LogP contribution in [0.4, 0.5) is 11.4 Å². The van der Waals surface area contributed by atoms with Crippen molar-refractivity contribution in [3.05, 3.63) is 123 Å². The molecule has 1 spiro atoms. The van der Waals surface area contributed by atoms with Gasteiger partial charge >= 0.3 is 5.97 Å². The van der Waals surface area contributed by atoms with E-state index in [9.17, 15) is 25.0 Å². The van der Waals surface area contributed by atoms with Gasteiger partial charge in [0.25, 0.3) is 5.69 Å². The lowest BCUT2D eigenvalue weighted by Crippen LogP contribution is -2.55. The van der Waals surface area contributed by atoms with E-state index >= 15 is 0 Å². The van der Waals surface area contributed by atoms with Crippen LogP contribution in [-0.4, -0.2) is 23.4 Å². The van der Waals surface area contributed by atoms with E-state index in [4.69, 9.17) is 9.47 Å². The Kier molecular flexibility index (Phi) is 6.03. The number of nitrogens with zero attached hydrogens (tertiary/aromatic N) is 2. The molecule has 0 radical (unpaired) electrons. The molecule has 0 aromatic heterocycles. The Morgan fingerprint density at radius 2 is 1.87 bits per heavy atom. The lowest BCUT2D eigenvalue weighted by molar-refractivity contribution is -0.384. The molecule has 39 heavy (non-hydrogen) atoms. The summed E-state index contributed by atoms with van der Waals surface area (Å²) in [5.74, 6) is -1.35. The summed E-state index contributed by atoms with van der Waals surface area (Å²) in [6, 6.07) is 21.6. The number of nitriles is 1. The average molecular weight is 522 g/mol. The van der Waals surface area contributed by atoms with Crippen LogP contribution in [0.25, 0.3) is 5.76 Å². The number of para-hydroxylation sites is 1. The van der Waals surface area contributed by atoms with Crippen molar-refractivity contribution < 1.29 is 24.0 Å². The maximum absolute atomic E-state index is 14.2. The number of nitrogens with one attached hydrogen (secondary N) is 1. The maximum Gasteiger partial charge on any atom is 0.337 e. The van der Waals surface area contributed by atoms with Crippen LogP contribution in [0.2, 0.25) is 0 Å². The summed E-state index contributed by atoms with van der Waals surface area (Å²) in [5, 5.41) is 24.9. The Balaban J connectivity index is 1.93. The Labute approximate surface area is 224 Å². The number of carbonyl (C=O) groups is 2. The highest BCUT2D eigenvalue weighted by Gasteiger charge is 2.73. The van der Waals surface area contributed by atoms with Crippen molar-refractivity contribution in [2.24, 2.45) is 0 Å². The van der Waals surface area contributed by atoms with Crippen LogP contribution in [0.15, 0.2) is 90.5 Å². The second-order valence-electron chi connectivity index (χ2n) is 9.22. The van der Waals surface area contributed by atoms with Crippen LogP contribution >= 0.6 is 0 Å². The topological polar surface area (TPSA) is 132 Å². The molecule has 0 saturated heterocycles. The van der Waals surface area contributed by atoms with Crippen molar-refractivity contribution in [3.63, 3.8) is 0 Å². The van der Waals surface area contributed by atoms with E-state index < -0.39 is 27.8 Å². The number of fused-ring (bicyclic) bond motifs is 2. The highest BCUT2D eigenvalue weighted by atomic mass is 16.6. The zero-order valence-corrected chi connectivity index (χ0v) is 21.2. The number of non-ortho nitro benzene ring substituents is 1. The van der Waals surface area contributed by atoms with E-state index in [1.54, 1.807) is 49.4 Å². The van der Waals surface area contributed by atoms with Crippen LogP contribution in [0.3, 0.4) is 0 Å². The summed E-state index contributed by atoms with van der Waals surface area (Å²) in [7, 11) is 0. The molecule has 0 unspecified atom stereocenters. The molecule has 9 heteroatoms. The summed E-state index contributed by atoms with van der Waals surface area (Å²) in [4.78, 5) is 38.5. The molecule has 1 amide bonds. The van der Waals surface area contributed by atoms with Gasteiger partial charge in [-0.1, -0.05) is 48.5 Å². The number of hydrogen-bond donors (Lipinski definition) is 1. The summed E-state index contributed by atoms with van der Waals surface area (Å²) >= 11 is 0. The van der Waals surface area contributed by atoms with Gasteiger partial charge in [0.15, 0.2) is 11.0 Å². The van der Waals surface area contributed by atoms with Crippen molar-refractivity contribution in [1.29, 1.82) is 5.26 Å². The van der Waals surface area contributed by atoms with Gasteiger partial charge in [0, 0.05) is 34.5 Å². The van der Waals surface area contributed by atoms with E-state index in [0.29, 0.717) is 16.8 Å². The number of esters is 1. The zero-order chi connectivity index (χ0) is 27.9. The number of benzene rings is 3. The fourth-order valence-corrected chi connectivity index (χ4v) is 5.52. The van der Waals surface area contributed by atoms with Crippen LogP contribution < -0.4 is 5.32 Å². The molecule has 2 atom stereocenters. The van der Waals surface area contributed by atoms with Crippen molar-refractivity contribution in [3.8, 4) is 6.07 Å². The first-order chi connectivity index (χ1) is 18.7. The molecular weight excluding hydrogens is 498 g/mol. The Hall–Kier alpha value is -5.23. The molecule has 3 aromatic rings. The van der Waals surface area contributed by atoms with Crippen molar-refractivity contribution in [2.75, 3.05) is 11.9 Å². The summed E-state index contributed by atoms with van der Waals surface area (Å²) in [6.07, 6.45) is 0. The molecule has 0 bridgehead atoms. The Morgan fingerprint density at radius 3 is 2.51 bits per heavy atom. The first kappa shape index (κ1) is 25.4. The van der Waals surface area contributed by atoms with Crippen molar-refractivity contribution in [1.82, 2.24) is 0 Å². The predicted molar refractivity (Wildman–Crippen MR) is 142 cm³/mol. The minimum Gasteiger partial charge on any atom is -0.474 e. The highest BCUT2D eigenvalue weighted by Crippen LogP contribution is 2.64. The van der Waals surface area contributed by atoms with Gasteiger partial charge in [-0.2, -0.15) is 5.26 Å². The molecule has 3 aromatic carbocycles. The van der Waals surface area contributed by atoms with E-state index in [-0.39, 0.29) is 34.8 Å². The quantitative estimate of drug-likeness (QED) is 0.207. The first-order valence-corrected chi connectivity index (χ1v) is 12.2. The van der Waals surface area contributed by atoms with Gasteiger partial charge < -0.3 is 14.8 Å². The number of nitro groups is 1. The van der Waals surface area contributed by atoms with Crippen LogP contribution in [-0.2, 0) is 30.1 Å². The largest absolute Gasteiger partial charge is 0.474 e. The lowest BCUT2D eigenvalue weighted by atomic mass is 9.59. The molecule has 0 saturated carbocycles. The zero-order valence-electron chi connectivity index (χ0n) is 21.2. The molecule has 2 aliphatic heterocycles. The number of aryl methyl sites for hydroxylation is 1. The van der Waals surface area contributed by atoms with Gasteiger partial charge in [0.05, 0.1) is 22.7 Å². The summed E-state index contributed by atoms with van der Waals surface area (Å²) in [6.45, 7) is 7.58. The third-order valence-electron chi connectivity index (χ3n) is 7.13. The second-order valence-corrected chi connectivity index (χ2v) is 9.22. The maximum atomic E-state index is 14.2. The second kappa shape index (κ2) is 9.26.